The molecular formula is C20H24N2O. The smallest absolute Gasteiger partial charge is 0.0490 e. The van der Waals surface area contributed by atoms with E-state index in [2.05, 4.69) is 66.7 Å². The van der Waals surface area contributed by atoms with Gasteiger partial charge in [0, 0.05) is 35.9 Å². The lowest BCUT2D eigenvalue weighted by Gasteiger charge is -2.10. The first-order valence-corrected chi connectivity index (χ1v) is 8.19. The number of hydrogen-bond acceptors (Lipinski definition) is 2. The van der Waals surface area contributed by atoms with Gasteiger partial charge < -0.3 is 15.4 Å². The number of fused-ring (bicyclic) bond motifs is 1. The summed E-state index contributed by atoms with van der Waals surface area (Å²) >= 11 is 0. The van der Waals surface area contributed by atoms with Crippen molar-refractivity contribution in [2.45, 2.75) is 26.7 Å². The Kier molecular flexibility index (Phi) is 4.68. The molecule has 0 fully saturated rings. The van der Waals surface area contributed by atoms with Crippen LogP contribution in [0.4, 0.5) is 5.69 Å². The highest BCUT2D eigenvalue weighted by Crippen LogP contribution is 2.23. The van der Waals surface area contributed by atoms with Crippen LogP contribution in [0.5, 0.6) is 0 Å². The number of rotatable bonds is 6. The number of benzene rings is 2. The number of H-pyrrole nitrogens is 1. The summed E-state index contributed by atoms with van der Waals surface area (Å²) in [6.07, 6.45) is 3.75. The van der Waals surface area contributed by atoms with E-state index in [0.717, 1.165) is 18.5 Å². The van der Waals surface area contributed by atoms with Crippen molar-refractivity contribution in [1.29, 1.82) is 0 Å². The summed E-state index contributed by atoms with van der Waals surface area (Å²) < 4.78 is 0. The first kappa shape index (κ1) is 15.6. The van der Waals surface area contributed by atoms with Gasteiger partial charge in [0.15, 0.2) is 0 Å². The van der Waals surface area contributed by atoms with Crippen molar-refractivity contribution in [2.24, 2.45) is 0 Å². The van der Waals surface area contributed by atoms with Gasteiger partial charge in [-0.15, -0.1) is 0 Å². The third-order valence-electron chi connectivity index (χ3n) is 4.36. The van der Waals surface area contributed by atoms with Gasteiger partial charge in [-0.2, -0.15) is 0 Å². The SMILES string of the molecule is Cc1ccc(NCCc2c[nH]c3c(CCO)cccc23)c(C)c1. The van der Waals surface area contributed by atoms with Crippen molar-refractivity contribution < 1.29 is 5.11 Å². The number of para-hydroxylation sites is 1. The second-order valence-electron chi connectivity index (χ2n) is 6.12. The molecule has 0 bridgehead atoms. The number of anilines is 1. The zero-order valence-corrected chi connectivity index (χ0v) is 13.8. The normalized spacial score (nSPS) is 11.1. The van der Waals surface area contributed by atoms with Gasteiger partial charge in [0.05, 0.1) is 0 Å². The van der Waals surface area contributed by atoms with Crippen molar-refractivity contribution in [3.8, 4) is 0 Å². The first-order valence-electron chi connectivity index (χ1n) is 8.19. The molecule has 0 saturated heterocycles. The fourth-order valence-electron chi connectivity index (χ4n) is 3.15. The fourth-order valence-corrected chi connectivity index (χ4v) is 3.15. The van der Waals surface area contributed by atoms with Crippen LogP contribution in [0.15, 0.2) is 42.6 Å². The Bertz CT molecular complexity index is 805. The number of nitrogens with one attached hydrogen (secondary N) is 2. The monoisotopic (exact) mass is 308 g/mol. The Morgan fingerprint density at radius 2 is 1.91 bits per heavy atom. The van der Waals surface area contributed by atoms with Crippen LogP contribution in [-0.4, -0.2) is 23.2 Å². The van der Waals surface area contributed by atoms with E-state index < -0.39 is 0 Å². The van der Waals surface area contributed by atoms with Crippen molar-refractivity contribution in [2.75, 3.05) is 18.5 Å². The van der Waals surface area contributed by atoms with Gasteiger partial charge in [-0.25, -0.2) is 0 Å². The molecule has 0 atom stereocenters. The number of aliphatic hydroxyl groups excluding tert-OH is 1. The molecule has 0 aliphatic carbocycles. The molecule has 23 heavy (non-hydrogen) atoms. The summed E-state index contributed by atoms with van der Waals surface area (Å²) in [6.45, 7) is 5.34. The lowest BCUT2D eigenvalue weighted by molar-refractivity contribution is 0.300. The molecule has 3 rings (SSSR count). The van der Waals surface area contributed by atoms with Crippen LogP contribution < -0.4 is 5.32 Å². The second-order valence-corrected chi connectivity index (χ2v) is 6.12. The summed E-state index contributed by atoms with van der Waals surface area (Å²) in [5.41, 5.74) is 7.44. The third kappa shape index (κ3) is 3.40. The Hall–Kier alpha value is -2.26. The number of hydrogen-bond donors (Lipinski definition) is 3. The summed E-state index contributed by atoms with van der Waals surface area (Å²) in [5, 5.41) is 14.0. The van der Waals surface area contributed by atoms with Gasteiger partial charge in [0.1, 0.15) is 0 Å². The van der Waals surface area contributed by atoms with E-state index >= 15 is 0 Å². The zero-order valence-electron chi connectivity index (χ0n) is 13.8. The van der Waals surface area contributed by atoms with E-state index in [0.29, 0.717) is 6.42 Å². The molecule has 0 amide bonds. The Labute approximate surface area is 137 Å². The van der Waals surface area contributed by atoms with Crippen LogP contribution in [0.1, 0.15) is 22.3 Å². The molecule has 0 aliphatic heterocycles. The fraction of sp³-hybridized carbons (Fsp3) is 0.300. The summed E-state index contributed by atoms with van der Waals surface area (Å²) in [7, 11) is 0. The molecule has 2 aromatic carbocycles. The van der Waals surface area contributed by atoms with Gasteiger partial charge in [-0.05, 0) is 49.4 Å². The van der Waals surface area contributed by atoms with Crippen LogP contribution in [-0.2, 0) is 12.8 Å². The average molecular weight is 308 g/mol. The maximum atomic E-state index is 9.18. The maximum absolute atomic E-state index is 9.18. The van der Waals surface area contributed by atoms with Crippen LogP contribution in [0, 0.1) is 13.8 Å². The molecule has 0 saturated carbocycles. The largest absolute Gasteiger partial charge is 0.396 e. The van der Waals surface area contributed by atoms with E-state index in [1.807, 2.05) is 0 Å². The number of aliphatic hydroxyl groups is 1. The minimum Gasteiger partial charge on any atom is -0.396 e. The number of aromatic nitrogens is 1. The molecule has 1 heterocycles. The standard InChI is InChI=1S/C20H24N2O/c1-14-6-7-19(15(2)12-14)21-10-8-17-13-22-20-16(9-11-23)4-3-5-18(17)20/h3-7,12-13,21-23H,8-11H2,1-2H3. The molecular weight excluding hydrogens is 284 g/mol. The molecule has 3 heteroatoms. The molecule has 1 aromatic heterocycles. The van der Waals surface area contributed by atoms with Crippen molar-refractivity contribution in [3.63, 3.8) is 0 Å². The Morgan fingerprint density at radius 1 is 1.04 bits per heavy atom. The second kappa shape index (κ2) is 6.88. The Balaban J connectivity index is 1.71. The lowest BCUT2D eigenvalue weighted by Crippen LogP contribution is -2.05. The first-order chi connectivity index (χ1) is 11.2. The minimum atomic E-state index is 0.182. The number of aryl methyl sites for hydroxylation is 2. The van der Waals surface area contributed by atoms with Crippen LogP contribution in [0.25, 0.3) is 10.9 Å². The van der Waals surface area contributed by atoms with Gasteiger partial charge in [-0.3, -0.25) is 0 Å². The molecule has 120 valence electrons. The quantitative estimate of drug-likeness (QED) is 0.645. The highest BCUT2D eigenvalue weighted by atomic mass is 16.2. The van der Waals surface area contributed by atoms with E-state index in [1.54, 1.807) is 0 Å². The zero-order chi connectivity index (χ0) is 16.2. The van der Waals surface area contributed by atoms with Crippen LogP contribution >= 0.6 is 0 Å². The van der Waals surface area contributed by atoms with Crippen LogP contribution in [0.3, 0.4) is 0 Å². The van der Waals surface area contributed by atoms with Gasteiger partial charge in [0.2, 0.25) is 0 Å². The molecule has 0 spiro atoms. The van der Waals surface area contributed by atoms with Gasteiger partial charge in [-0.1, -0.05) is 35.9 Å². The van der Waals surface area contributed by atoms with Crippen molar-refractivity contribution in [3.05, 3.63) is 64.8 Å². The van der Waals surface area contributed by atoms with Crippen molar-refractivity contribution in [1.82, 2.24) is 4.98 Å². The summed E-state index contributed by atoms with van der Waals surface area (Å²) in [5.74, 6) is 0. The van der Waals surface area contributed by atoms with E-state index in [-0.39, 0.29) is 6.61 Å². The predicted octanol–water partition coefficient (Wildman–Crippen LogP) is 3.97. The maximum Gasteiger partial charge on any atom is 0.0490 e. The van der Waals surface area contributed by atoms with Gasteiger partial charge in [0.25, 0.3) is 0 Å². The minimum absolute atomic E-state index is 0.182. The highest BCUT2D eigenvalue weighted by molar-refractivity contribution is 5.86. The molecule has 0 radical (unpaired) electrons. The molecule has 0 unspecified atom stereocenters. The van der Waals surface area contributed by atoms with Crippen LogP contribution in [0.2, 0.25) is 0 Å². The molecule has 0 aliphatic rings. The number of aromatic amines is 1. The molecule has 3 N–H and O–H groups in total. The van der Waals surface area contributed by atoms with E-state index in [9.17, 15) is 5.11 Å². The summed E-state index contributed by atoms with van der Waals surface area (Å²) in [6, 6.07) is 12.8. The highest BCUT2D eigenvalue weighted by Gasteiger charge is 2.07. The molecule has 3 nitrogen and oxygen atoms in total. The average Bonchev–Trinajstić information content (AvgIpc) is 2.94. The predicted molar refractivity (Wildman–Crippen MR) is 97.2 cm³/mol. The van der Waals surface area contributed by atoms with Crippen molar-refractivity contribution >= 4 is 16.6 Å². The van der Waals surface area contributed by atoms with Gasteiger partial charge >= 0.3 is 0 Å². The van der Waals surface area contributed by atoms with E-state index in [1.165, 1.54) is 33.3 Å². The topological polar surface area (TPSA) is 48.0 Å². The molecule has 3 aromatic rings. The van der Waals surface area contributed by atoms with E-state index in [4.69, 9.17) is 0 Å². The summed E-state index contributed by atoms with van der Waals surface area (Å²) in [4.78, 5) is 3.37. The Morgan fingerprint density at radius 3 is 2.70 bits per heavy atom. The lowest BCUT2D eigenvalue weighted by atomic mass is 10.1. The third-order valence-corrected chi connectivity index (χ3v) is 4.36.